The van der Waals surface area contributed by atoms with Gasteiger partial charge in [-0.05, 0) is 65.2 Å². The van der Waals surface area contributed by atoms with Crippen LogP contribution in [0.1, 0.15) is 29.9 Å². The minimum atomic E-state index is -0.115. The van der Waals surface area contributed by atoms with E-state index in [2.05, 4.69) is 44.8 Å². The van der Waals surface area contributed by atoms with E-state index < -0.39 is 0 Å². The van der Waals surface area contributed by atoms with Crippen molar-refractivity contribution in [3.05, 3.63) is 49.0 Å². The van der Waals surface area contributed by atoms with Crippen LogP contribution in [-0.2, 0) is 0 Å². The highest BCUT2D eigenvalue weighted by Gasteiger charge is 2.23. The van der Waals surface area contributed by atoms with Crippen LogP contribution in [0.15, 0.2) is 38.6 Å². The third-order valence-corrected chi connectivity index (χ3v) is 5.30. The van der Waals surface area contributed by atoms with E-state index in [0.717, 1.165) is 30.9 Å². The molecule has 108 valence electrons. The van der Waals surface area contributed by atoms with Crippen molar-refractivity contribution >= 4 is 43.2 Å². The topological polar surface area (TPSA) is 35.2 Å². The number of ether oxygens (including phenoxy) is 1. The first-order valence-corrected chi connectivity index (χ1v) is 8.85. The van der Waals surface area contributed by atoms with Gasteiger partial charge in [-0.1, -0.05) is 22.9 Å². The van der Waals surface area contributed by atoms with E-state index in [0.29, 0.717) is 0 Å². The van der Waals surface area contributed by atoms with Crippen LogP contribution in [0.25, 0.3) is 0 Å². The van der Waals surface area contributed by atoms with Gasteiger partial charge in [-0.25, -0.2) is 0 Å². The second-order valence-corrected chi connectivity index (χ2v) is 8.07. The number of aryl methyl sites for hydroxylation is 1. The Morgan fingerprint density at radius 2 is 2.00 bits per heavy atom. The molecule has 2 N–H and O–H groups in total. The Hall–Kier alpha value is -0.360. The summed E-state index contributed by atoms with van der Waals surface area (Å²) in [4.78, 5) is 1.15. The van der Waals surface area contributed by atoms with E-state index >= 15 is 0 Å². The van der Waals surface area contributed by atoms with Gasteiger partial charge in [0.1, 0.15) is 11.9 Å². The number of hydrogen-bond acceptors (Lipinski definition) is 3. The molecule has 0 amide bonds. The monoisotopic (exact) mass is 417 g/mol. The van der Waals surface area contributed by atoms with E-state index in [9.17, 15) is 0 Å². The molecule has 0 aliphatic heterocycles. The van der Waals surface area contributed by atoms with Gasteiger partial charge in [-0.2, -0.15) is 0 Å². The predicted molar refractivity (Wildman–Crippen MR) is 92.5 cm³/mol. The van der Waals surface area contributed by atoms with Crippen molar-refractivity contribution in [3.8, 4) is 5.75 Å². The molecule has 0 aliphatic carbocycles. The van der Waals surface area contributed by atoms with Gasteiger partial charge in [-0.15, -0.1) is 11.3 Å². The minimum absolute atomic E-state index is 0.0244. The maximum atomic E-state index is 6.24. The van der Waals surface area contributed by atoms with Crippen molar-refractivity contribution < 1.29 is 4.74 Å². The summed E-state index contributed by atoms with van der Waals surface area (Å²) in [6, 6.07) is 10.1. The smallest absolute Gasteiger partial charge is 0.148 e. The predicted octanol–water partition coefficient (Wildman–Crippen LogP) is 5.44. The molecule has 0 saturated heterocycles. The Morgan fingerprint density at radius 3 is 2.55 bits per heavy atom. The van der Waals surface area contributed by atoms with Gasteiger partial charge in [0.05, 0.1) is 3.79 Å². The summed E-state index contributed by atoms with van der Waals surface area (Å²) in [5.41, 5.74) is 7.34. The molecule has 0 aliphatic rings. The molecule has 2 unspecified atom stereocenters. The number of nitrogens with two attached hydrogens (primary N) is 1. The van der Waals surface area contributed by atoms with Crippen molar-refractivity contribution in [3.63, 3.8) is 0 Å². The average molecular weight is 419 g/mol. The second kappa shape index (κ2) is 7.07. The SMILES string of the molecule is CCC(N)C(Oc1ccc(Br)cc1C)c1ccc(Br)s1. The van der Waals surface area contributed by atoms with Crippen LogP contribution in [0.3, 0.4) is 0 Å². The minimum Gasteiger partial charge on any atom is -0.483 e. The number of rotatable bonds is 5. The summed E-state index contributed by atoms with van der Waals surface area (Å²) in [6.07, 6.45) is 0.756. The van der Waals surface area contributed by atoms with Gasteiger partial charge in [0.25, 0.3) is 0 Å². The molecule has 2 nitrogen and oxygen atoms in total. The lowest BCUT2D eigenvalue weighted by Crippen LogP contribution is -2.31. The van der Waals surface area contributed by atoms with Crippen LogP contribution in [-0.4, -0.2) is 6.04 Å². The van der Waals surface area contributed by atoms with Gasteiger partial charge in [0.15, 0.2) is 0 Å². The van der Waals surface area contributed by atoms with Gasteiger partial charge in [0.2, 0.25) is 0 Å². The Morgan fingerprint density at radius 1 is 1.25 bits per heavy atom. The zero-order chi connectivity index (χ0) is 14.7. The molecular formula is C15H17Br2NOS. The van der Waals surface area contributed by atoms with Crippen LogP contribution in [0, 0.1) is 6.92 Å². The highest BCUT2D eigenvalue weighted by Crippen LogP contribution is 2.34. The molecule has 2 atom stereocenters. The largest absolute Gasteiger partial charge is 0.483 e. The van der Waals surface area contributed by atoms with Gasteiger partial charge in [-0.3, -0.25) is 0 Å². The third kappa shape index (κ3) is 3.85. The van der Waals surface area contributed by atoms with E-state index in [-0.39, 0.29) is 12.1 Å². The summed E-state index contributed by atoms with van der Waals surface area (Å²) < 4.78 is 8.34. The molecule has 2 rings (SSSR count). The summed E-state index contributed by atoms with van der Waals surface area (Å²) in [6.45, 7) is 4.12. The van der Waals surface area contributed by atoms with Crippen molar-refractivity contribution in [2.45, 2.75) is 32.4 Å². The molecule has 0 fully saturated rings. The molecule has 1 aromatic heterocycles. The lowest BCUT2D eigenvalue weighted by molar-refractivity contribution is 0.173. The number of thiophene rings is 1. The van der Waals surface area contributed by atoms with E-state index in [1.54, 1.807) is 11.3 Å². The first-order valence-electron chi connectivity index (χ1n) is 6.45. The lowest BCUT2D eigenvalue weighted by Gasteiger charge is -2.24. The molecule has 0 spiro atoms. The highest BCUT2D eigenvalue weighted by molar-refractivity contribution is 9.11. The molecular weight excluding hydrogens is 402 g/mol. The van der Waals surface area contributed by atoms with Crippen molar-refractivity contribution in [2.75, 3.05) is 0 Å². The highest BCUT2D eigenvalue weighted by atomic mass is 79.9. The number of halogens is 2. The van der Waals surface area contributed by atoms with Crippen LogP contribution in [0.5, 0.6) is 5.75 Å². The maximum Gasteiger partial charge on any atom is 0.148 e. The van der Waals surface area contributed by atoms with Gasteiger partial charge in [0, 0.05) is 15.4 Å². The third-order valence-electron chi connectivity index (χ3n) is 3.13. The zero-order valence-electron chi connectivity index (χ0n) is 11.4. The van der Waals surface area contributed by atoms with Crippen molar-refractivity contribution in [1.82, 2.24) is 0 Å². The fourth-order valence-corrected chi connectivity index (χ4v) is 3.94. The number of benzene rings is 1. The Labute approximate surface area is 140 Å². The molecule has 1 heterocycles. The standard InChI is InChI=1S/C15H17Br2NOS/c1-3-11(18)15(13-6-7-14(17)20-13)19-12-5-4-10(16)8-9(12)2/h4-8,11,15H,3,18H2,1-2H3. The van der Waals surface area contributed by atoms with Gasteiger partial charge >= 0.3 is 0 Å². The van der Waals surface area contributed by atoms with Crippen LogP contribution < -0.4 is 10.5 Å². The molecule has 0 bridgehead atoms. The molecule has 20 heavy (non-hydrogen) atoms. The quantitative estimate of drug-likeness (QED) is 0.701. The normalized spacial score (nSPS) is 14.1. The Kier molecular flexibility index (Phi) is 5.66. The van der Waals surface area contributed by atoms with Crippen molar-refractivity contribution in [1.29, 1.82) is 0 Å². The fourth-order valence-electron chi connectivity index (χ4n) is 1.93. The summed E-state index contributed by atoms with van der Waals surface area (Å²) in [7, 11) is 0. The number of hydrogen-bond donors (Lipinski definition) is 1. The maximum absolute atomic E-state index is 6.24. The summed E-state index contributed by atoms with van der Waals surface area (Å²) in [5, 5.41) is 0. The first kappa shape index (κ1) is 16.0. The summed E-state index contributed by atoms with van der Waals surface area (Å²) in [5.74, 6) is 0.881. The van der Waals surface area contributed by atoms with E-state index in [4.69, 9.17) is 10.5 Å². The Balaban J connectivity index is 2.28. The lowest BCUT2D eigenvalue weighted by atomic mass is 10.1. The zero-order valence-corrected chi connectivity index (χ0v) is 15.4. The average Bonchev–Trinajstić information content (AvgIpc) is 2.83. The second-order valence-electron chi connectivity index (χ2n) is 4.66. The van der Waals surface area contributed by atoms with Crippen LogP contribution >= 0.6 is 43.2 Å². The van der Waals surface area contributed by atoms with E-state index in [1.165, 1.54) is 0 Å². The fraction of sp³-hybridized carbons (Fsp3) is 0.333. The van der Waals surface area contributed by atoms with Gasteiger partial charge < -0.3 is 10.5 Å². The molecule has 0 saturated carbocycles. The first-order chi connectivity index (χ1) is 9.51. The molecule has 1 aromatic carbocycles. The van der Waals surface area contributed by atoms with Crippen LogP contribution in [0.4, 0.5) is 0 Å². The van der Waals surface area contributed by atoms with E-state index in [1.807, 2.05) is 31.2 Å². The molecule has 0 radical (unpaired) electrons. The molecule has 5 heteroatoms. The summed E-state index contributed by atoms with van der Waals surface area (Å²) >= 11 is 8.64. The van der Waals surface area contributed by atoms with Crippen molar-refractivity contribution in [2.24, 2.45) is 5.73 Å². The Bertz CT molecular complexity index is 585. The molecule has 2 aromatic rings. The van der Waals surface area contributed by atoms with Crippen LogP contribution in [0.2, 0.25) is 0 Å².